The molecule has 0 heterocycles. The third kappa shape index (κ3) is 2.33. The summed E-state index contributed by atoms with van der Waals surface area (Å²) in [5.74, 6) is 2.28. The van der Waals surface area contributed by atoms with Crippen molar-refractivity contribution < 1.29 is 10.2 Å². The molecule has 0 bridgehead atoms. The Hall–Kier alpha value is -0.0800. The van der Waals surface area contributed by atoms with Gasteiger partial charge < -0.3 is 10.2 Å². The van der Waals surface area contributed by atoms with E-state index in [1.54, 1.807) is 0 Å². The Labute approximate surface area is 124 Å². The molecule has 3 aliphatic carbocycles. The summed E-state index contributed by atoms with van der Waals surface area (Å²) in [5, 5.41) is 19.9. The third-order valence-corrected chi connectivity index (χ3v) is 7.14. The van der Waals surface area contributed by atoms with Crippen molar-refractivity contribution in [2.75, 3.05) is 0 Å². The normalized spacial score (nSPS) is 51.8. The molecule has 0 aliphatic heterocycles. The number of rotatable bonds is 1. The second kappa shape index (κ2) is 4.98. The van der Waals surface area contributed by atoms with Crippen molar-refractivity contribution in [3.63, 3.8) is 0 Å². The minimum atomic E-state index is -0.0638. The van der Waals surface area contributed by atoms with Gasteiger partial charge in [-0.2, -0.15) is 0 Å². The summed E-state index contributed by atoms with van der Waals surface area (Å²) in [6.45, 7) is 7.37. The van der Waals surface area contributed by atoms with Crippen molar-refractivity contribution in [3.8, 4) is 0 Å². The molecule has 3 saturated carbocycles. The van der Waals surface area contributed by atoms with Gasteiger partial charge in [-0.25, -0.2) is 0 Å². The molecular formula is C18H32O2. The summed E-state index contributed by atoms with van der Waals surface area (Å²) < 4.78 is 0. The standard InChI is InChI=1S/C18H32O2/c1-17(2)11-18(3,12-4-6-13(19)7-5-12)15-9-8-14(20)10-16(15)17/h12-16,19-20H,4-11H2,1-3H3. The van der Waals surface area contributed by atoms with E-state index in [2.05, 4.69) is 20.8 Å². The van der Waals surface area contributed by atoms with Crippen LogP contribution >= 0.6 is 0 Å². The Bertz CT molecular complexity index is 356. The first-order valence-electron chi connectivity index (χ1n) is 8.69. The first-order chi connectivity index (χ1) is 9.33. The molecular weight excluding hydrogens is 248 g/mol. The van der Waals surface area contributed by atoms with Gasteiger partial charge in [0.2, 0.25) is 0 Å². The lowest BCUT2D eigenvalue weighted by Crippen LogP contribution is -2.39. The smallest absolute Gasteiger partial charge is 0.0543 e. The topological polar surface area (TPSA) is 40.5 Å². The molecule has 0 aromatic carbocycles. The van der Waals surface area contributed by atoms with Crippen LogP contribution in [0.2, 0.25) is 0 Å². The predicted molar refractivity (Wildman–Crippen MR) is 81.3 cm³/mol. The summed E-state index contributed by atoms with van der Waals surface area (Å²) in [6.07, 6.45) is 8.85. The fourth-order valence-electron chi connectivity index (χ4n) is 6.23. The van der Waals surface area contributed by atoms with Gasteiger partial charge in [0, 0.05) is 0 Å². The molecule has 20 heavy (non-hydrogen) atoms. The van der Waals surface area contributed by atoms with Gasteiger partial charge >= 0.3 is 0 Å². The van der Waals surface area contributed by atoms with Crippen molar-refractivity contribution in [3.05, 3.63) is 0 Å². The zero-order chi connectivity index (χ0) is 14.5. The van der Waals surface area contributed by atoms with Crippen LogP contribution in [0.5, 0.6) is 0 Å². The zero-order valence-electron chi connectivity index (χ0n) is 13.4. The minimum Gasteiger partial charge on any atom is -0.393 e. The first kappa shape index (κ1) is 14.8. The van der Waals surface area contributed by atoms with Crippen molar-refractivity contribution in [2.45, 2.75) is 84.3 Å². The summed E-state index contributed by atoms with van der Waals surface area (Å²) in [4.78, 5) is 0. The van der Waals surface area contributed by atoms with Crippen LogP contribution in [0.25, 0.3) is 0 Å². The molecule has 3 rings (SSSR count). The van der Waals surface area contributed by atoms with Gasteiger partial charge in [-0.05, 0) is 80.0 Å². The highest BCUT2D eigenvalue weighted by Gasteiger charge is 2.58. The van der Waals surface area contributed by atoms with Crippen LogP contribution in [-0.4, -0.2) is 22.4 Å². The second-order valence-electron chi connectivity index (χ2n) is 8.86. The van der Waals surface area contributed by atoms with E-state index in [1.807, 2.05) is 0 Å². The van der Waals surface area contributed by atoms with Crippen molar-refractivity contribution in [1.29, 1.82) is 0 Å². The van der Waals surface area contributed by atoms with Gasteiger partial charge in [-0.3, -0.25) is 0 Å². The van der Waals surface area contributed by atoms with Gasteiger partial charge in [0.05, 0.1) is 12.2 Å². The van der Waals surface area contributed by atoms with Crippen LogP contribution in [0.1, 0.15) is 72.1 Å². The lowest BCUT2D eigenvalue weighted by Gasteiger charge is -2.45. The third-order valence-electron chi connectivity index (χ3n) is 7.14. The number of aliphatic hydroxyl groups excluding tert-OH is 2. The highest BCUT2D eigenvalue weighted by molar-refractivity contribution is 5.07. The van der Waals surface area contributed by atoms with Crippen molar-refractivity contribution in [1.82, 2.24) is 0 Å². The number of fused-ring (bicyclic) bond motifs is 1. The van der Waals surface area contributed by atoms with Gasteiger partial charge in [-0.1, -0.05) is 20.8 Å². The van der Waals surface area contributed by atoms with Crippen LogP contribution < -0.4 is 0 Å². The Morgan fingerprint density at radius 1 is 0.750 bits per heavy atom. The molecule has 0 aromatic rings. The van der Waals surface area contributed by atoms with Crippen LogP contribution in [-0.2, 0) is 0 Å². The Morgan fingerprint density at radius 2 is 1.35 bits per heavy atom. The highest BCUT2D eigenvalue weighted by Crippen LogP contribution is 2.65. The van der Waals surface area contributed by atoms with Crippen molar-refractivity contribution in [2.24, 2.45) is 28.6 Å². The van der Waals surface area contributed by atoms with Gasteiger partial charge in [0.15, 0.2) is 0 Å². The maximum absolute atomic E-state index is 10.1. The molecule has 116 valence electrons. The first-order valence-corrected chi connectivity index (χ1v) is 8.69. The molecule has 4 atom stereocenters. The van der Waals surface area contributed by atoms with Crippen LogP contribution in [0.4, 0.5) is 0 Å². The largest absolute Gasteiger partial charge is 0.393 e. The maximum atomic E-state index is 10.1. The molecule has 0 saturated heterocycles. The summed E-state index contributed by atoms with van der Waals surface area (Å²) in [7, 11) is 0. The fourth-order valence-corrected chi connectivity index (χ4v) is 6.23. The van der Waals surface area contributed by atoms with E-state index in [4.69, 9.17) is 0 Å². The fraction of sp³-hybridized carbons (Fsp3) is 1.00. The second-order valence-corrected chi connectivity index (χ2v) is 8.86. The molecule has 2 N–H and O–H groups in total. The molecule has 3 fully saturated rings. The van der Waals surface area contributed by atoms with Gasteiger partial charge in [0.25, 0.3) is 0 Å². The maximum Gasteiger partial charge on any atom is 0.0543 e. The minimum absolute atomic E-state index is 0.0479. The summed E-state index contributed by atoms with van der Waals surface area (Å²) in [6, 6.07) is 0. The molecule has 2 heteroatoms. The molecule has 4 unspecified atom stereocenters. The average Bonchev–Trinajstić information content (AvgIpc) is 2.58. The zero-order valence-corrected chi connectivity index (χ0v) is 13.4. The average molecular weight is 280 g/mol. The SMILES string of the molecule is CC1(C)CC(C)(C2CCC(O)CC2)C2CCC(O)CC21. The number of aliphatic hydroxyl groups is 2. The Balaban J connectivity index is 1.82. The molecule has 0 radical (unpaired) electrons. The van der Waals surface area contributed by atoms with Gasteiger partial charge in [-0.15, -0.1) is 0 Å². The Kier molecular flexibility index (Phi) is 3.70. The van der Waals surface area contributed by atoms with Crippen LogP contribution in [0.15, 0.2) is 0 Å². The lowest BCUT2D eigenvalue weighted by molar-refractivity contribution is -0.00593. The van der Waals surface area contributed by atoms with E-state index >= 15 is 0 Å². The van der Waals surface area contributed by atoms with E-state index in [1.165, 1.54) is 25.7 Å². The summed E-state index contributed by atoms with van der Waals surface area (Å²) in [5.41, 5.74) is 0.811. The van der Waals surface area contributed by atoms with E-state index in [9.17, 15) is 10.2 Å². The van der Waals surface area contributed by atoms with Gasteiger partial charge in [0.1, 0.15) is 0 Å². The lowest BCUT2D eigenvalue weighted by atomic mass is 9.60. The summed E-state index contributed by atoms with van der Waals surface area (Å²) >= 11 is 0. The molecule has 0 amide bonds. The number of hydrogen-bond donors (Lipinski definition) is 2. The molecule has 0 spiro atoms. The molecule has 2 nitrogen and oxygen atoms in total. The van der Waals surface area contributed by atoms with Crippen LogP contribution in [0.3, 0.4) is 0 Å². The molecule has 0 aromatic heterocycles. The monoisotopic (exact) mass is 280 g/mol. The Morgan fingerprint density at radius 3 is 2.00 bits per heavy atom. The highest BCUT2D eigenvalue weighted by atomic mass is 16.3. The van der Waals surface area contributed by atoms with E-state index in [0.29, 0.717) is 16.7 Å². The van der Waals surface area contributed by atoms with Crippen LogP contribution in [0, 0.1) is 28.6 Å². The van der Waals surface area contributed by atoms with Crippen molar-refractivity contribution >= 4 is 0 Å². The van der Waals surface area contributed by atoms with E-state index < -0.39 is 0 Å². The van der Waals surface area contributed by atoms with E-state index in [-0.39, 0.29) is 12.2 Å². The van der Waals surface area contributed by atoms with E-state index in [0.717, 1.165) is 37.5 Å². The quantitative estimate of drug-likeness (QED) is 0.768. The predicted octanol–water partition coefficient (Wildman–Crippen LogP) is 3.75. The number of hydrogen-bond acceptors (Lipinski definition) is 2. The molecule has 3 aliphatic rings.